The van der Waals surface area contributed by atoms with E-state index in [2.05, 4.69) is 29.4 Å². The van der Waals surface area contributed by atoms with Crippen molar-refractivity contribution in [1.29, 1.82) is 0 Å². The number of para-hydroxylation sites is 1. The van der Waals surface area contributed by atoms with Crippen LogP contribution < -0.4 is 10.2 Å². The molecule has 1 aliphatic carbocycles. The van der Waals surface area contributed by atoms with Gasteiger partial charge in [0.15, 0.2) is 0 Å². The van der Waals surface area contributed by atoms with E-state index in [1.54, 1.807) is 11.8 Å². The van der Waals surface area contributed by atoms with E-state index in [-0.39, 0.29) is 24.4 Å². The molecule has 2 atom stereocenters. The predicted octanol–water partition coefficient (Wildman–Crippen LogP) is 5.21. The Hall–Kier alpha value is -2.44. The van der Waals surface area contributed by atoms with Crippen LogP contribution in [-0.4, -0.2) is 54.7 Å². The van der Waals surface area contributed by atoms with Gasteiger partial charge in [0.2, 0.25) is 5.91 Å². The summed E-state index contributed by atoms with van der Waals surface area (Å²) in [5.74, 6) is -0.138. The fourth-order valence-corrected chi connectivity index (χ4v) is 6.35. The van der Waals surface area contributed by atoms with Crippen molar-refractivity contribution in [3.8, 4) is 0 Å². The van der Waals surface area contributed by atoms with Gasteiger partial charge in [0.1, 0.15) is 6.54 Å². The first-order chi connectivity index (χ1) is 16.5. The normalized spacial score (nSPS) is 21.3. The number of nitrogens with zero attached hydrogens (tertiary/aromatic N) is 2. The lowest BCUT2D eigenvalue weighted by molar-refractivity contribution is -0.135. The van der Waals surface area contributed by atoms with E-state index in [1.807, 2.05) is 53.4 Å². The SMILES string of the molecule is CN(CCCNC(=O)CN1C(=O)/C(=C/c2cccc(Cl)c2)SC2CCCCC21)c1ccccc1. The third-order valence-corrected chi connectivity index (χ3v) is 8.10. The Labute approximate surface area is 211 Å². The third-order valence-electron chi connectivity index (χ3n) is 6.47. The van der Waals surface area contributed by atoms with Gasteiger partial charge in [-0.15, -0.1) is 11.8 Å². The van der Waals surface area contributed by atoms with Crippen LogP contribution in [0.4, 0.5) is 5.69 Å². The summed E-state index contributed by atoms with van der Waals surface area (Å²) in [4.78, 5) is 30.9. The highest BCUT2D eigenvalue weighted by molar-refractivity contribution is 8.04. The molecule has 2 amide bonds. The van der Waals surface area contributed by atoms with E-state index >= 15 is 0 Å². The molecular formula is C27H32ClN3O2S. The lowest BCUT2D eigenvalue weighted by Crippen LogP contribution is -2.54. The first kappa shape index (κ1) is 24.7. The molecule has 0 spiro atoms. The Morgan fingerprint density at radius 3 is 2.76 bits per heavy atom. The number of amides is 2. The van der Waals surface area contributed by atoms with Gasteiger partial charge in [-0.3, -0.25) is 9.59 Å². The smallest absolute Gasteiger partial charge is 0.261 e. The molecule has 2 fully saturated rings. The van der Waals surface area contributed by atoms with Crippen LogP contribution in [0, 0.1) is 0 Å². The quantitative estimate of drug-likeness (QED) is 0.402. The monoisotopic (exact) mass is 497 g/mol. The molecular weight excluding hydrogens is 466 g/mol. The summed E-state index contributed by atoms with van der Waals surface area (Å²) in [6.45, 7) is 1.55. The van der Waals surface area contributed by atoms with Crippen molar-refractivity contribution in [3.05, 3.63) is 70.1 Å². The zero-order chi connectivity index (χ0) is 23.9. The third kappa shape index (κ3) is 6.36. The van der Waals surface area contributed by atoms with Crippen molar-refractivity contribution in [2.24, 2.45) is 0 Å². The van der Waals surface area contributed by atoms with Gasteiger partial charge in [0, 0.05) is 42.1 Å². The van der Waals surface area contributed by atoms with E-state index < -0.39 is 0 Å². The molecule has 1 saturated heterocycles. The van der Waals surface area contributed by atoms with Gasteiger partial charge < -0.3 is 15.1 Å². The molecule has 2 aromatic carbocycles. The van der Waals surface area contributed by atoms with Crippen LogP contribution in [0.3, 0.4) is 0 Å². The number of hydrogen-bond donors (Lipinski definition) is 1. The van der Waals surface area contributed by atoms with Crippen molar-refractivity contribution in [1.82, 2.24) is 10.2 Å². The summed E-state index contributed by atoms with van der Waals surface area (Å²) >= 11 is 7.80. The summed E-state index contributed by atoms with van der Waals surface area (Å²) in [6.07, 6.45) is 7.05. The second-order valence-corrected chi connectivity index (χ2v) is 10.7. The van der Waals surface area contributed by atoms with E-state index in [1.165, 1.54) is 6.42 Å². The van der Waals surface area contributed by atoms with Crippen molar-refractivity contribution >= 4 is 46.9 Å². The Balaban J connectivity index is 1.35. The molecule has 1 N–H and O–H groups in total. The Morgan fingerprint density at radius 1 is 1.18 bits per heavy atom. The van der Waals surface area contributed by atoms with E-state index in [0.717, 1.165) is 43.5 Å². The molecule has 1 aliphatic heterocycles. The summed E-state index contributed by atoms with van der Waals surface area (Å²) in [5.41, 5.74) is 2.07. The molecule has 2 aromatic rings. The predicted molar refractivity (Wildman–Crippen MR) is 142 cm³/mol. The number of carbonyl (C=O) groups is 2. The molecule has 4 rings (SSSR count). The molecule has 0 aromatic heterocycles. The summed E-state index contributed by atoms with van der Waals surface area (Å²) in [6, 6.07) is 17.8. The number of hydrogen-bond acceptors (Lipinski definition) is 4. The van der Waals surface area contributed by atoms with Gasteiger partial charge in [-0.2, -0.15) is 0 Å². The van der Waals surface area contributed by atoms with Crippen molar-refractivity contribution in [3.63, 3.8) is 0 Å². The van der Waals surface area contributed by atoms with Crippen molar-refractivity contribution in [2.75, 3.05) is 31.6 Å². The van der Waals surface area contributed by atoms with Gasteiger partial charge >= 0.3 is 0 Å². The maximum Gasteiger partial charge on any atom is 0.261 e. The average molecular weight is 498 g/mol. The maximum atomic E-state index is 13.4. The highest BCUT2D eigenvalue weighted by Crippen LogP contribution is 2.42. The zero-order valence-electron chi connectivity index (χ0n) is 19.6. The first-order valence-corrected chi connectivity index (χ1v) is 13.2. The molecule has 7 heteroatoms. The number of benzene rings is 2. The molecule has 1 saturated carbocycles. The molecule has 34 heavy (non-hydrogen) atoms. The summed E-state index contributed by atoms with van der Waals surface area (Å²) < 4.78 is 0. The van der Waals surface area contributed by atoms with Crippen LogP contribution in [-0.2, 0) is 9.59 Å². The molecule has 2 unspecified atom stereocenters. The number of rotatable bonds is 8. The fraction of sp³-hybridized carbons (Fsp3) is 0.407. The maximum absolute atomic E-state index is 13.4. The second kappa shape index (κ2) is 11.8. The largest absolute Gasteiger partial charge is 0.375 e. The Morgan fingerprint density at radius 2 is 1.97 bits per heavy atom. The number of fused-ring (bicyclic) bond motifs is 1. The minimum atomic E-state index is -0.0888. The van der Waals surface area contributed by atoms with E-state index in [9.17, 15) is 9.59 Å². The highest BCUT2D eigenvalue weighted by atomic mass is 35.5. The van der Waals surface area contributed by atoms with Crippen molar-refractivity contribution < 1.29 is 9.59 Å². The first-order valence-electron chi connectivity index (χ1n) is 12.0. The Kier molecular flexibility index (Phi) is 8.57. The summed E-state index contributed by atoms with van der Waals surface area (Å²) in [7, 11) is 2.05. The van der Waals surface area contributed by atoms with Crippen LogP contribution >= 0.6 is 23.4 Å². The summed E-state index contributed by atoms with van der Waals surface area (Å²) in [5, 5.41) is 4.00. The second-order valence-electron chi connectivity index (χ2n) is 8.97. The number of nitrogens with one attached hydrogen (secondary N) is 1. The minimum Gasteiger partial charge on any atom is -0.375 e. The van der Waals surface area contributed by atoms with Crippen LogP contribution in [0.5, 0.6) is 0 Å². The number of thioether (sulfide) groups is 1. The van der Waals surface area contributed by atoms with E-state index in [0.29, 0.717) is 21.7 Å². The number of carbonyl (C=O) groups excluding carboxylic acids is 2. The van der Waals surface area contributed by atoms with Crippen LogP contribution in [0.25, 0.3) is 6.08 Å². The fourth-order valence-electron chi connectivity index (χ4n) is 4.68. The van der Waals surface area contributed by atoms with Crippen LogP contribution in [0.15, 0.2) is 59.5 Å². The van der Waals surface area contributed by atoms with Gasteiger partial charge in [0.25, 0.3) is 5.91 Å². The molecule has 1 heterocycles. The lowest BCUT2D eigenvalue weighted by atomic mass is 9.93. The van der Waals surface area contributed by atoms with Crippen LogP contribution in [0.1, 0.15) is 37.7 Å². The van der Waals surface area contributed by atoms with Gasteiger partial charge in [0.05, 0.1) is 4.91 Å². The van der Waals surface area contributed by atoms with E-state index in [4.69, 9.17) is 11.6 Å². The van der Waals surface area contributed by atoms with Crippen LogP contribution in [0.2, 0.25) is 5.02 Å². The molecule has 180 valence electrons. The van der Waals surface area contributed by atoms with Gasteiger partial charge in [-0.25, -0.2) is 0 Å². The van der Waals surface area contributed by atoms with Crippen molar-refractivity contribution in [2.45, 2.75) is 43.4 Å². The minimum absolute atomic E-state index is 0.0490. The van der Waals surface area contributed by atoms with Gasteiger partial charge in [-0.05, 0) is 55.2 Å². The molecule has 2 aliphatic rings. The lowest BCUT2D eigenvalue weighted by Gasteiger charge is -2.43. The Bertz CT molecular complexity index is 1030. The zero-order valence-corrected chi connectivity index (χ0v) is 21.2. The standard InChI is InChI=1S/C27H32ClN3O2S/c1-30(22-11-3-2-4-12-22)16-8-15-29-26(32)19-31-23-13-5-6-14-24(23)34-25(27(31)33)18-20-9-7-10-21(28)17-20/h2-4,7,9-12,17-18,23-24H,5-6,8,13-16,19H2,1H3,(H,29,32)/b25-18-. The number of anilines is 1. The molecule has 5 nitrogen and oxygen atoms in total. The molecule has 0 bridgehead atoms. The topological polar surface area (TPSA) is 52.7 Å². The highest BCUT2D eigenvalue weighted by Gasteiger charge is 2.41. The van der Waals surface area contributed by atoms with Gasteiger partial charge in [-0.1, -0.05) is 54.8 Å². The number of halogens is 1. The average Bonchev–Trinajstić information content (AvgIpc) is 2.85. The molecule has 0 radical (unpaired) electrons.